The minimum atomic E-state index is -3.83. The van der Waals surface area contributed by atoms with E-state index < -0.39 is 18.9 Å². The van der Waals surface area contributed by atoms with E-state index in [9.17, 15) is 16.8 Å². The molecule has 0 spiro atoms. The topological polar surface area (TPSA) is 90.4 Å². The molecule has 2 rings (SSSR count). The van der Waals surface area contributed by atoms with Gasteiger partial charge in [0.05, 0.1) is 11.1 Å². The van der Waals surface area contributed by atoms with Gasteiger partial charge in [0.15, 0.2) is 9.84 Å². The van der Waals surface area contributed by atoms with Crippen LogP contribution in [0.2, 0.25) is 0 Å². The Kier molecular flexibility index (Phi) is 4.22. The fourth-order valence-corrected chi connectivity index (χ4v) is 2.76. The quantitative estimate of drug-likeness (QED) is 0.787. The highest BCUT2D eigenvalue weighted by atomic mass is 35.7. The number of rotatable bonds is 4. The number of sulfone groups is 1. The molecule has 0 aliphatic carbocycles. The molecule has 0 fully saturated rings. The van der Waals surface area contributed by atoms with Gasteiger partial charge in [-0.3, -0.25) is 0 Å². The van der Waals surface area contributed by atoms with E-state index in [1.54, 1.807) is 0 Å². The number of pyridine rings is 1. The predicted molar refractivity (Wildman–Crippen MR) is 76.9 cm³/mol. The molecule has 0 saturated carbocycles. The van der Waals surface area contributed by atoms with Crippen LogP contribution < -0.4 is 4.74 Å². The van der Waals surface area contributed by atoms with Crippen molar-refractivity contribution in [1.29, 1.82) is 0 Å². The summed E-state index contributed by atoms with van der Waals surface area (Å²) in [5.41, 5.74) is 0. The van der Waals surface area contributed by atoms with Crippen LogP contribution in [0.1, 0.15) is 0 Å². The van der Waals surface area contributed by atoms with Crippen LogP contribution in [0.3, 0.4) is 0 Å². The molecule has 6 nitrogen and oxygen atoms in total. The molecule has 0 amide bonds. The Morgan fingerprint density at radius 1 is 0.952 bits per heavy atom. The van der Waals surface area contributed by atoms with Crippen molar-refractivity contribution in [2.24, 2.45) is 0 Å². The minimum absolute atomic E-state index is 0.135. The maximum atomic E-state index is 11.3. The first-order valence-corrected chi connectivity index (χ1v) is 9.75. The SMILES string of the molecule is CS(=O)(=O)c1ccc(Oc2ccc(S(=O)(=O)Cl)cn2)cc1. The van der Waals surface area contributed by atoms with Gasteiger partial charge in [-0.1, -0.05) is 0 Å². The normalized spacial score (nSPS) is 12.1. The van der Waals surface area contributed by atoms with Gasteiger partial charge in [-0.25, -0.2) is 21.8 Å². The van der Waals surface area contributed by atoms with Crippen molar-refractivity contribution >= 4 is 29.6 Å². The first-order valence-electron chi connectivity index (χ1n) is 5.55. The van der Waals surface area contributed by atoms with E-state index in [2.05, 4.69) is 4.98 Å². The molecule has 9 heteroatoms. The highest BCUT2D eigenvalue weighted by Gasteiger charge is 2.11. The molecule has 0 aliphatic rings. The van der Waals surface area contributed by atoms with E-state index >= 15 is 0 Å². The van der Waals surface area contributed by atoms with Crippen LogP contribution >= 0.6 is 10.7 Å². The number of aromatic nitrogens is 1. The summed E-state index contributed by atoms with van der Waals surface area (Å²) in [4.78, 5) is 3.84. The molecule has 0 aliphatic heterocycles. The number of halogens is 1. The first kappa shape index (κ1) is 15.7. The standard InChI is InChI=1S/C12H10ClNO5S2/c1-20(15,16)10-4-2-9(3-5-10)19-12-7-6-11(8-14-12)21(13,17)18/h2-8H,1H3. The largest absolute Gasteiger partial charge is 0.439 e. The number of hydrogen-bond acceptors (Lipinski definition) is 6. The molecule has 0 bridgehead atoms. The predicted octanol–water partition coefficient (Wildman–Crippen LogP) is 2.20. The molecule has 1 heterocycles. The van der Waals surface area contributed by atoms with E-state index in [0.717, 1.165) is 12.5 Å². The molecule has 2 aromatic rings. The van der Waals surface area contributed by atoms with Crippen LogP contribution in [0, 0.1) is 0 Å². The summed E-state index contributed by atoms with van der Waals surface area (Å²) in [6, 6.07) is 8.37. The van der Waals surface area contributed by atoms with Crippen molar-refractivity contribution in [3.05, 3.63) is 42.6 Å². The summed E-state index contributed by atoms with van der Waals surface area (Å²) in [6.45, 7) is 0. The van der Waals surface area contributed by atoms with E-state index in [4.69, 9.17) is 15.4 Å². The Hall–Kier alpha value is -1.64. The average molecular weight is 348 g/mol. The van der Waals surface area contributed by atoms with Crippen LogP contribution in [-0.2, 0) is 18.9 Å². The third-order valence-corrected chi connectivity index (χ3v) is 4.93. The average Bonchev–Trinajstić information content (AvgIpc) is 2.38. The van der Waals surface area contributed by atoms with Crippen LogP contribution in [0.25, 0.3) is 0 Å². The summed E-state index contributed by atoms with van der Waals surface area (Å²) in [5, 5.41) is 0. The van der Waals surface area contributed by atoms with Gasteiger partial charge in [-0.05, 0) is 30.3 Å². The van der Waals surface area contributed by atoms with E-state index in [1.165, 1.54) is 36.4 Å². The van der Waals surface area contributed by atoms with E-state index in [-0.39, 0.29) is 15.7 Å². The Morgan fingerprint density at radius 3 is 1.95 bits per heavy atom. The highest BCUT2D eigenvalue weighted by molar-refractivity contribution is 8.13. The highest BCUT2D eigenvalue weighted by Crippen LogP contribution is 2.23. The summed E-state index contributed by atoms with van der Waals surface area (Å²) in [5.74, 6) is 0.530. The van der Waals surface area contributed by atoms with Gasteiger partial charge in [0.1, 0.15) is 10.6 Å². The first-order chi connectivity index (χ1) is 9.66. The second-order valence-corrected chi connectivity index (χ2v) is 8.70. The molecule has 112 valence electrons. The van der Waals surface area contributed by atoms with Crippen LogP contribution in [0.15, 0.2) is 52.4 Å². The maximum Gasteiger partial charge on any atom is 0.262 e. The summed E-state index contributed by atoms with van der Waals surface area (Å²) < 4.78 is 50.1. The van der Waals surface area contributed by atoms with Gasteiger partial charge in [-0.2, -0.15) is 0 Å². The number of hydrogen-bond donors (Lipinski definition) is 0. The molecule has 21 heavy (non-hydrogen) atoms. The second-order valence-electron chi connectivity index (χ2n) is 4.12. The van der Waals surface area contributed by atoms with Gasteiger partial charge in [0.25, 0.3) is 9.05 Å². The maximum absolute atomic E-state index is 11.3. The Bertz CT molecular complexity index is 770. The van der Waals surface area contributed by atoms with Crippen LogP contribution in [0.4, 0.5) is 0 Å². The number of nitrogens with zero attached hydrogens (tertiary/aromatic N) is 1. The smallest absolute Gasteiger partial charge is 0.262 e. The lowest BCUT2D eigenvalue weighted by atomic mass is 10.3. The van der Waals surface area contributed by atoms with Gasteiger partial charge >= 0.3 is 0 Å². The lowest BCUT2D eigenvalue weighted by molar-refractivity contribution is 0.461. The molecular weight excluding hydrogens is 338 g/mol. The molecule has 0 N–H and O–H groups in total. The van der Waals surface area contributed by atoms with Crippen molar-refractivity contribution in [1.82, 2.24) is 4.98 Å². The molecular formula is C12H10ClNO5S2. The monoisotopic (exact) mass is 347 g/mol. The zero-order valence-electron chi connectivity index (χ0n) is 10.7. The lowest BCUT2D eigenvalue weighted by Gasteiger charge is -2.05. The van der Waals surface area contributed by atoms with E-state index in [0.29, 0.717) is 5.75 Å². The molecule has 1 aromatic carbocycles. The van der Waals surface area contributed by atoms with Crippen molar-refractivity contribution < 1.29 is 21.6 Å². The number of benzene rings is 1. The molecule has 0 radical (unpaired) electrons. The number of ether oxygens (including phenoxy) is 1. The van der Waals surface area contributed by atoms with Crippen molar-refractivity contribution in [3.63, 3.8) is 0 Å². The Morgan fingerprint density at radius 2 is 1.52 bits per heavy atom. The molecule has 1 aromatic heterocycles. The Labute approximate surface area is 126 Å². The summed E-state index contributed by atoms with van der Waals surface area (Å²) in [6.07, 6.45) is 2.18. The molecule has 0 saturated heterocycles. The van der Waals surface area contributed by atoms with Crippen LogP contribution in [-0.4, -0.2) is 28.1 Å². The zero-order chi connectivity index (χ0) is 15.7. The van der Waals surface area contributed by atoms with Crippen LogP contribution in [0.5, 0.6) is 11.6 Å². The van der Waals surface area contributed by atoms with Gasteiger partial charge in [0.2, 0.25) is 5.88 Å². The summed E-state index contributed by atoms with van der Waals surface area (Å²) >= 11 is 0. The molecule has 0 atom stereocenters. The van der Waals surface area contributed by atoms with Gasteiger partial charge in [0, 0.05) is 23.0 Å². The fourth-order valence-electron chi connectivity index (χ4n) is 1.45. The van der Waals surface area contributed by atoms with Gasteiger partial charge < -0.3 is 4.74 Å². The third kappa shape index (κ3) is 4.16. The Balaban J connectivity index is 2.19. The zero-order valence-corrected chi connectivity index (χ0v) is 13.1. The lowest BCUT2D eigenvalue weighted by Crippen LogP contribution is -1.97. The minimum Gasteiger partial charge on any atom is -0.439 e. The van der Waals surface area contributed by atoms with Crippen molar-refractivity contribution in [3.8, 4) is 11.6 Å². The molecule has 0 unspecified atom stereocenters. The van der Waals surface area contributed by atoms with Crippen molar-refractivity contribution in [2.45, 2.75) is 9.79 Å². The third-order valence-electron chi connectivity index (χ3n) is 2.47. The van der Waals surface area contributed by atoms with Gasteiger partial charge in [-0.15, -0.1) is 0 Å². The van der Waals surface area contributed by atoms with Crippen molar-refractivity contribution in [2.75, 3.05) is 6.26 Å². The van der Waals surface area contributed by atoms with E-state index in [1.807, 2.05) is 0 Å². The summed E-state index contributed by atoms with van der Waals surface area (Å²) in [7, 11) is -1.93. The second kappa shape index (κ2) is 5.63. The fraction of sp³-hybridized carbons (Fsp3) is 0.0833.